The highest BCUT2D eigenvalue weighted by molar-refractivity contribution is 7.11. The van der Waals surface area contributed by atoms with Crippen LogP contribution in [-0.4, -0.2) is 23.7 Å². The average molecular weight is 238 g/mol. The van der Waals surface area contributed by atoms with Crippen molar-refractivity contribution in [3.8, 4) is 0 Å². The van der Waals surface area contributed by atoms with E-state index in [9.17, 15) is 0 Å². The molecule has 88 valence electrons. The fourth-order valence-electron chi connectivity index (χ4n) is 2.83. The van der Waals surface area contributed by atoms with Crippen molar-refractivity contribution in [1.29, 1.82) is 0 Å². The van der Waals surface area contributed by atoms with Crippen molar-refractivity contribution in [1.82, 2.24) is 10.3 Å². The zero-order chi connectivity index (χ0) is 11.0. The number of aryl methyl sites for hydroxylation is 1. The highest BCUT2D eigenvalue weighted by atomic mass is 32.1. The number of fused-ring (bicyclic) bond motifs is 2. The number of nitrogens with one attached hydrogen (secondary N) is 1. The van der Waals surface area contributed by atoms with Crippen molar-refractivity contribution in [2.75, 3.05) is 6.54 Å². The summed E-state index contributed by atoms with van der Waals surface area (Å²) >= 11 is 1.78. The maximum Gasteiger partial charge on any atom is 0.0897 e. The summed E-state index contributed by atoms with van der Waals surface area (Å²) in [6.07, 6.45) is 6.92. The molecule has 0 saturated carbocycles. The summed E-state index contributed by atoms with van der Waals surface area (Å²) in [5, 5.41) is 4.69. The summed E-state index contributed by atoms with van der Waals surface area (Å²) in [6.45, 7) is 4.11. The third-order valence-electron chi connectivity index (χ3n) is 3.61. The van der Waals surface area contributed by atoms with Crippen molar-refractivity contribution in [2.24, 2.45) is 5.92 Å². The first-order valence-corrected chi connectivity index (χ1v) is 6.90. The van der Waals surface area contributed by atoms with E-state index in [0.29, 0.717) is 12.2 Å². The van der Waals surface area contributed by atoms with Crippen LogP contribution in [0.4, 0.5) is 0 Å². The number of ether oxygens (including phenoxy) is 1. The Morgan fingerprint density at radius 3 is 3.12 bits per heavy atom. The van der Waals surface area contributed by atoms with E-state index >= 15 is 0 Å². The van der Waals surface area contributed by atoms with Gasteiger partial charge in [0.15, 0.2) is 0 Å². The van der Waals surface area contributed by atoms with Gasteiger partial charge in [0, 0.05) is 30.1 Å². The Balaban J connectivity index is 1.44. The lowest BCUT2D eigenvalue weighted by Crippen LogP contribution is -2.28. The molecule has 1 aromatic rings. The topological polar surface area (TPSA) is 34.2 Å². The lowest BCUT2D eigenvalue weighted by Gasteiger charge is -2.18. The fourth-order valence-corrected chi connectivity index (χ4v) is 3.59. The van der Waals surface area contributed by atoms with Gasteiger partial charge in [-0.25, -0.2) is 4.98 Å². The Bertz CT molecular complexity index is 366. The number of hydrogen-bond donors (Lipinski definition) is 1. The largest absolute Gasteiger partial charge is 0.375 e. The molecule has 2 saturated heterocycles. The first kappa shape index (κ1) is 10.7. The third-order valence-corrected chi connectivity index (χ3v) is 4.52. The van der Waals surface area contributed by atoms with E-state index in [4.69, 9.17) is 4.74 Å². The van der Waals surface area contributed by atoms with Gasteiger partial charge in [0.1, 0.15) is 0 Å². The summed E-state index contributed by atoms with van der Waals surface area (Å²) in [7, 11) is 0. The van der Waals surface area contributed by atoms with Gasteiger partial charge in [-0.2, -0.15) is 0 Å². The van der Waals surface area contributed by atoms with Crippen LogP contribution in [0.25, 0.3) is 0 Å². The van der Waals surface area contributed by atoms with E-state index < -0.39 is 0 Å². The maximum atomic E-state index is 5.84. The van der Waals surface area contributed by atoms with Crippen molar-refractivity contribution in [2.45, 2.75) is 44.9 Å². The minimum absolute atomic E-state index is 0.542. The van der Waals surface area contributed by atoms with Gasteiger partial charge in [0.05, 0.1) is 17.2 Å². The van der Waals surface area contributed by atoms with E-state index in [1.165, 1.54) is 24.1 Å². The van der Waals surface area contributed by atoms with E-state index in [0.717, 1.165) is 24.0 Å². The lowest BCUT2D eigenvalue weighted by atomic mass is 9.89. The minimum atomic E-state index is 0.542. The summed E-state index contributed by atoms with van der Waals surface area (Å²) in [5.74, 6) is 0.743. The molecule has 0 aliphatic carbocycles. The molecule has 2 fully saturated rings. The van der Waals surface area contributed by atoms with E-state index in [2.05, 4.69) is 17.2 Å². The molecular weight excluding hydrogens is 220 g/mol. The highest BCUT2D eigenvalue weighted by Gasteiger charge is 2.40. The molecule has 3 rings (SSSR count). The first-order valence-electron chi connectivity index (χ1n) is 6.09. The zero-order valence-corrected chi connectivity index (χ0v) is 10.4. The fraction of sp³-hybridized carbons (Fsp3) is 0.750. The SMILES string of the molecule is Cc1ncc(CNCC2CC3CCC2O3)s1. The predicted molar refractivity (Wildman–Crippen MR) is 64.6 cm³/mol. The van der Waals surface area contributed by atoms with Crippen molar-refractivity contribution in [3.05, 3.63) is 16.1 Å². The number of nitrogens with zero attached hydrogens (tertiary/aromatic N) is 1. The lowest BCUT2D eigenvalue weighted by molar-refractivity contribution is 0.0924. The van der Waals surface area contributed by atoms with Crippen LogP contribution in [0.5, 0.6) is 0 Å². The molecule has 3 unspecified atom stereocenters. The minimum Gasteiger partial charge on any atom is -0.375 e. The van der Waals surface area contributed by atoms with Gasteiger partial charge in [-0.1, -0.05) is 0 Å². The Morgan fingerprint density at radius 2 is 2.50 bits per heavy atom. The molecule has 0 radical (unpaired) electrons. The quantitative estimate of drug-likeness (QED) is 0.872. The summed E-state index contributed by atoms with van der Waals surface area (Å²) in [6, 6.07) is 0. The van der Waals surface area contributed by atoms with Crippen LogP contribution in [0.1, 0.15) is 29.1 Å². The Morgan fingerprint density at radius 1 is 1.56 bits per heavy atom. The van der Waals surface area contributed by atoms with Crippen LogP contribution in [-0.2, 0) is 11.3 Å². The molecule has 4 heteroatoms. The Hall–Kier alpha value is -0.450. The third kappa shape index (κ3) is 2.14. The maximum absolute atomic E-state index is 5.84. The molecule has 1 N–H and O–H groups in total. The smallest absolute Gasteiger partial charge is 0.0897 e. The zero-order valence-electron chi connectivity index (χ0n) is 9.61. The van der Waals surface area contributed by atoms with Crippen LogP contribution >= 0.6 is 11.3 Å². The van der Waals surface area contributed by atoms with Crippen molar-refractivity contribution < 1.29 is 4.74 Å². The van der Waals surface area contributed by atoms with E-state index in [1.54, 1.807) is 11.3 Å². The number of thiazole rings is 1. The molecule has 2 aliphatic heterocycles. The summed E-state index contributed by atoms with van der Waals surface area (Å²) in [4.78, 5) is 5.59. The number of rotatable bonds is 4. The Labute approximate surface area is 100 Å². The predicted octanol–water partition coefficient (Wildman–Crippen LogP) is 2.11. The van der Waals surface area contributed by atoms with Gasteiger partial charge in [-0.15, -0.1) is 11.3 Å². The van der Waals surface area contributed by atoms with Crippen LogP contribution in [0, 0.1) is 12.8 Å². The molecule has 3 heterocycles. The highest BCUT2D eigenvalue weighted by Crippen LogP contribution is 2.38. The summed E-state index contributed by atoms with van der Waals surface area (Å²) in [5.41, 5.74) is 0. The van der Waals surface area contributed by atoms with Crippen LogP contribution in [0.3, 0.4) is 0 Å². The van der Waals surface area contributed by atoms with E-state index in [1.807, 2.05) is 6.20 Å². The molecule has 0 aromatic carbocycles. The van der Waals surface area contributed by atoms with E-state index in [-0.39, 0.29) is 0 Å². The Kier molecular flexibility index (Phi) is 2.96. The van der Waals surface area contributed by atoms with Gasteiger partial charge in [-0.05, 0) is 26.2 Å². The van der Waals surface area contributed by atoms with Crippen molar-refractivity contribution >= 4 is 11.3 Å². The van der Waals surface area contributed by atoms with Gasteiger partial charge >= 0.3 is 0 Å². The molecule has 0 spiro atoms. The normalized spacial score (nSPS) is 32.4. The van der Waals surface area contributed by atoms with Crippen molar-refractivity contribution in [3.63, 3.8) is 0 Å². The average Bonchev–Trinajstić information content (AvgIpc) is 2.94. The monoisotopic (exact) mass is 238 g/mol. The van der Waals surface area contributed by atoms with Gasteiger partial charge in [-0.3, -0.25) is 0 Å². The molecule has 16 heavy (non-hydrogen) atoms. The number of hydrogen-bond acceptors (Lipinski definition) is 4. The standard InChI is InChI=1S/C12H18N2OS/c1-8-14-7-11(16-8)6-13-5-9-4-10-2-3-12(9)15-10/h7,9-10,12-13H,2-6H2,1H3. The molecule has 2 aliphatic rings. The first-order chi connectivity index (χ1) is 7.81. The van der Waals surface area contributed by atoms with Crippen LogP contribution in [0.15, 0.2) is 6.20 Å². The second-order valence-corrected chi connectivity index (χ2v) is 6.17. The molecule has 3 nitrogen and oxygen atoms in total. The van der Waals surface area contributed by atoms with Gasteiger partial charge in [0.2, 0.25) is 0 Å². The number of aromatic nitrogens is 1. The van der Waals surface area contributed by atoms with Gasteiger partial charge < -0.3 is 10.1 Å². The van der Waals surface area contributed by atoms with Gasteiger partial charge in [0.25, 0.3) is 0 Å². The second-order valence-electron chi connectivity index (χ2n) is 4.85. The summed E-state index contributed by atoms with van der Waals surface area (Å²) < 4.78 is 5.84. The molecule has 2 bridgehead atoms. The molecule has 0 amide bonds. The second kappa shape index (κ2) is 4.43. The van der Waals surface area contributed by atoms with Crippen LogP contribution in [0.2, 0.25) is 0 Å². The molecule has 3 atom stereocenters. The molecular formula is C12H18N2OS. The van der Waals surface area contributed by atoms with Crippen LogP contribution < -0.4 is 5.32 Å². The molecule has 1 aromatic heterocycles.